The third kappa shape index (κ3) is 4.24. The molecule has 4 heteroatoms. The maximum atomic E-state index is 5.87. The molecule has 0 unspecified atom stereocenters. The molecule has 1 aliphatic carbocycles. The van der Waals surface area contributed by atoms with Gasteiger partial charge in [-0.3, -0.25) is 0 Å². The Hall–Kier alpha value is -1.00. The molecule has 118 valence electrons. The molecule has 1 aromatic heterocycles. The summed E-state index contributed by atoms with van der Waals surface area (Å²) < 4.78 is 5.87. The maximum Gasteiger partial charge on any atom is 0.160 e. The van der Waals surface area contributed by atoms with Crippen LogP contribution >= 0.6 is 0 Å². The summed E-state index contributed by atoms with van der Waals surface area (Å²) >= 11 is 0. The van der Waals surface area contributed by atoms with Gasteiger partial charge in [-0.1, -0.05) is 20.8 Å². The largest absolute Gasteiger partial charge is 0.370 e. The summed E-state index contributed by atoms with van der Waals surface area (Å²) in [6.45, 7) is 8.53. The summed E-state index contributed by atoms with van der Waals surface area (Å²) in [4.78, 5) is 9.27. The molecule has 0 spiro atoms. The third-order valence-electron chi connectivity index (χ3n) is 4.45. The Bertz CT molecular complexity index is 439. The first-order chi connectivity index (χ1) is 10.1. The fourth-order valence-electron chi connectivity index (χ4n) is 2.95. The highest BCUT2D eigenvalue weighted by molar-refractivity contribution is 5.10. The minimum Gasteiger partial charge on any atom is -0.370 e. The molecule has 0 bridgehead atoms. The lowest BCUT2D eigenvalue weighted by molar-refractivity contribution is -0.0599. The van der Waals surface area contributed by atoms with E-state index in [0.29, 0.717) is 5.92 Å². The van der Waals surface area contributed by atoms with Crippen LogP contribution in [0.5, 0.6) is 0 Å². The van der Waals surface area contributed by atoms with Gasteiger partial charge in [-0.15, -0.1) is 0 Å². The van der Waals surface area contributed by atoms with Gasteiger partial charge in [0.25, 0.3) is 0 Å². The summed E-state index contributed by atoms with van der Waals surface area (Å²) in [5.41, 5.74) is 0.774. The van der Waals surface area contributed by atoms with Crippen molar-refractivity contribution in [3.05, 3.63) is 23.8 Å². The fraction of sp³-hybridized carbons (Fsp3) is 0.765. The van der Waals surface area contributed by atoms with Crippen LogP contribution in [0.4, 0.5) is 0 Å². The molecule has 0 radical (unpaired) electrons. The molecule has 0 atom stereocenters. The van der Waals surface area contributed by atoms with Gasteiger partial charge in [0.1, 0.15) is 5.60 Å². The first-order valence-corrected chi connectivity index (χ1v) is 8.14. The number of ether oxygens (including phenoxy) is 1. The molecule has 0 amide bonds. The first kappa shape index (κ1) is 16.4. The van der Waals surface area contributed by atoms with Crippen molar-refractivity contribution in [3.8, 4) is 0 Å². The van der Waals surface area contributed by atoms with Crippen LogP contribution in [0, 0.1) is 11.8 Å². The second kappa shape index (κ2) is 7.32. The highest BCUT2D eigenvalue weighted by Gasteiger charge is 2.38. The van der Waals surface area contributed by atoms with E-state index in [4.69, 9.17) is 9.72 Å². The topological polar surface area (TPSA) is 47.0 Å². The molecule has 2 rings (SSSR count). The van der Waals surface area contributed by atoms with Gasteiger partial charge < -0.3 is 10.1 Å². The number of nitrogens with zero attached hydrogens (tertiary/aromatic N) is 2. The quantitative estimate of drug-likeness (QED) is 0.874. The zero-order chi connectivity index (χ0) is 15.3. The molecular formula is C17H29N3O. The standard InChI is InChI=1S/C17H29N3O/c1-13(2)11-18-12-15-7-10-19-16(20-15)17(21-4)8-5-14(3)6-9-17/h7,10,13-14,18H,5-6,8-9,11-12H2,1-4H3. The van der Waals surface area contributed by atoms with Crippen molar-refractivity contribution in [3.63, 3.8) is 0 Å². The number of nitrogens with one attached hydrogen (secondary N) is 1. The lowest BCUT2D eigenvalue weighted by atomic mass is 9.79. The molecule has 1 N–H and O–H groups in total. The van der Waals surface area contributed by atoms with E-state index in [-0.39, 0.29) is 5.60 Å². The van der Waals surface area contributed by atoms with Crippen LogP contribution in [0.1, 0.15) is 58.0 Å². The monoisotopic (exact) mass is 291 g/mol. The Morgan fingerprint density at radius 2 is 2.10 bits per heavy atom. The number of aromatic nitrogens is 2. The van der Waals surface area contributed by atoms with Crippen LogP contribution in [0.2, 0.25) is 0 Å². The molecule has 4 nitrogen and oxygen atoms in total. The van der Waals surface area contributed by atoms with Crippen LogP contribution in [0.15, 0.2) is 12.3 Å². The fourth-order valence-corrected chi connectivity index (χ4v) is 2.95. The molecule has 0 saturated heterocycles. The van der Waals surface area contributed by atoms with E-state index >= 15 is 0 Å². The minimum absolute atomic E-state index is 0.277. The SMILES string of the molecule is COC1(c2nccc(CNCC(C)C)n2)CCC(C)CC1. The average molecular weight is 291 g/mol. The van der Waals surface area contributed by atoms with Crippen molar-refractivity contribution in [1.29, 1.82) is 0 Å². The summed E-state index contributed by atoms with van der Waals surface area (Å²) in [7, 11) is 1.79. The van der Waals surface area contributed by atoms with Crippen LogP contribution in [0.3, 0.4) is 0 Å². The van der Waals surface area contributed by atoms with E-state index in [2.05, 4.69) is 31.1 Å². The summed E-state index contributed by atoms with van der Waals surface area (Å²) in [6, 6.07) is 1.99. The number of methoxy groups -OCH3 is 1. The van der Waals surface area contributed by atoms with E-state index in [9.17, 15) is 0 Å². The van der Waals surface area contributed by atoms with Gasteiger partial charge in [-0.2, -0.15) is 0 Å². The van der Waals surface area contributed by atoms with Gasteiger partial charge >= 0.3 is 0 Å². The van der Waals surface area contributed by atoms with E-state index in [1.165, 1.54) is 12.8 Å². The number of hydrogen-bond acceptors (Lipinski definition) is 4. The smallest absolute Gasteiger partial charge is 0.160 e. The molecule has 21 heavy (non-hydrogen) atoms. The highest BCUT2D eigenvalue weighted by Crippen LogP contribution is 2.40. The normalized spacial score (nSPS) is 26.2. The molecule has 1 aromatic rings. The van der Waals surface area contributed by atoms with Crippen LogP contribution in [0.25, 0.3) is 0 Å². The Morgan fingerprint density at radius 1 is 1.38 bits per heavy atom. The van der Waals surface area contributed by atoms with Gasteiger partial charge in [0.2, 0.25) is 0 Å². The Kier molecular flexibility index (Phi) is 5.71. The number of rotatable bonds is 6. The summed E-state index contributed by atoms with van der Waals surface area (Å²) in [6.07, 6.45) is 6.29. The third-order valence-corrected chi connectivity index (χ3v) is 4.45. The van der Waals surface area contributed by atoms with E-state index < -0.39 is 0 Å². The van der Waals surface area contributed by atoms with Crippen molar-refractivity contribution < 1.29 is 4.74 Å². The second-order valence-electron chi connectivity index (χ2n) is 6.78. The van der Waals surface area contributed by atoms with Gasteiger partial charge in [-0.25, -0.2) is 9.97 Å². The average Bonchev–Trinajstić information content (AvgIpc) is 2.48. The van der Waals surface area contributed by atoms with Crippen LogP contribution in [-0.4, -0.2) is 23.6 Å². The molecule has 1 saturated carbocycles. The van der Waals surface area contributed by atoms with E-state index in [0.717, 1.165) is 43.4 Å². The molecule has 1 heterocycles. The Morgan fingerprint density at radius 3 is 2.71 bits per heavy atom. The van der Waals surface area contributed by atoms with E-state index in [1.807, 2.05) is 12.3 Å². The lowest BCUT2D eigenvalue weighted by Gasteiger charge is -2.37. The summed E-state index contributed by atoms with van der Waals surface area (Å²) in [5, 5.41) is 3.44. The van der Waals surface area contributed by atoms with E-state index in [1.54, 1.807) is 7.11 Å². The van der Waals surface area contributed by atoms with Gasteiger partial charge in [-0.05, 0) is 50.1 Å². The Labute approximate surface area is 128 Å². The van der Waals surface area contributed by atoms with Crippen molar-refractivity contribution in [2.45, 2.75) is 58.6 Å². The van der Waals surface area contributed by atoms with Crippen molar-refractivity contribution in [2.75, 3.05) is 13.7 Å². The number of hydrogen-bond donors (Lipinski definition) is 1. The second-order valence-corrected chi connectivity index (χ2v) is 6.78. The molecule has 0 aliphatic heterocycles. The molecular weight excluding hydrogens is 262 g/mol. The van der Waals surface area contributed by atoms with Crippen molar-refractivity contribution in [1.82, 2.24) is 15.3 Å². The van der Waals surface area contributed by atoms with Gasteiger partial charge in [0, 0.05) is 19.9 Å². The zero-order valence-electron chi connectivity index (χ0n) is 13.9. The van der Waals surface area contributed by atoms with Crippen LogP contribution < -0.4 is 5.32 Å². The van der Waals surface area contributed by atoms with Crippen molar-refractivity contribution >= 4 is 0 Å². The predicted molar refractivity (Wildman–Crippen MR) is 84.9 cm³/mol. The maximum absolute atomic E-state index is 5.87. The molecule has 1 fully saturated rings. The minimum atomic E-state index is -0.277. The molecule has 0 aromatic carbocycles. The zero-order valence-corrected chi connectivity index (χ0v) is 13.9. The summed E-state index contributed by atoms with van der Waals surface area (Å²) in [5.74, 6) is 2.29. The van der Waals surface area contributed by atoms with Gasteiger partial charge in [0.15, 0.2) is 5.82 Å². The van der Waals surface area contributed by atoms with Crippen LogP contribution in [-0.2, 0) is 16.9 Å². The lowest BCUT2D eigenvalue weighted by Crippen LogP contribution is -2.35. The molecule has 1 aliphatic rings. The highest BCUT2D eigenvalue weighted by atomic mass is 16.5. The Balaban J connectivity index is 2.08. The predicted octanol–water partition coefficient (Wildman–Crippen LogP) is 3.27. The van der Waals surface area contributed by atoms with Crippen molar-refractivity contribution in [2.24, 2.45) is 11.8 Å². The first-order valence-electron chi connectivity index (χ1n) is 8.14. The van der Waals surface area contributed by atoms with Gasteiger partial charge in [0.05, 0.1) is 5.69 Å².